The van der Waals surface area contributed by atoms with Gasteiger partial charge in [0.05, 0.1) is 6.61 Å². The third-order valence-corrected chi connectivity index (χ3v) is 2.97. The molecule has 17 heavy (non-hydrogen) atoms. The summed E-state index contributed by atoms with van der Waals surface area (Å²) in [4.78, 5) is 6.50. The van der Waals surface area contributed by atoms with Crippen LogP contribution in [-0.2, 0) is 11.2 Å². The molecule has 0 radical (unpaired) electrons. The highest BCUT2D eigenvalue weighted by molar-refractivity contribution is 5.29. The monoisotopic (exact) mass is 237 g/mol. The maximum Gasteiger partial charge on any atom is 0.123 e. The molecule has 0 aliphatic heterocycles. The van der Waals surface area contributed by atoms with E-state index in [0.717, 1.165) is 26.1 Å². The van der Waals surface area contributed by atoms with Crippen LogP contribution in [0.2, 0.25) is 0 Å². The summed E-state index contributed by atoms with van der Waals surface area (Å²) in [5.74, 6) is 0.578. The summed E-state index contributed by atoms with van der Waals surface area (Å²) in [6, 6.07) is 4.34. The summed E-state index contributed by atoms with van der Waals surface area (Å²) in [5.41, 5.74) is 6.78. The number of pyridine rings is 1. The standard InChI is InChI=1S/C13H23N3O/c1-4-16(11(2)10-17-3)8-7-12-5-6-13(14)15-9-12/h5-6,9,11H,4,7-8,10H2,1-3H3,(H2,14,15)/t11-/m0/s1. The van der Waals surface area contributed by atoms with Gasteiger partial charge >= 0.3 is 0 Å². The van der Waals surface area contributed by atoms with E-state index in [1.54, 1.807) is 7.11 Å². The second kappa shape index (κ2) is 7.25. The first-order valence-corrected chi connectivity index (χ1v) is 6.10. The molecular weight excluding hydrogens is 214 g/mol. The highest BCUT2D eigenvalue weighted by Gasteiger charge is 2.11. The Bertz CT molecular complexity index is 313. The fourth-order valence-electron chi connectivity index (χ4n) is 1.89. The van der Waals surface area contributed by atoms with E-state index in [4.69, 9.17) is 10.5 Å². The number of nitrogen functional groups attached to an aromatic ring is 1. The fraction of sp³-hybridized carbons (Fsp3) is 0.615. The number of methoxy groups -OCH3 is 1. The van der Waals surface area contributed by atoms with Crippen LogP contribution >= 0.6 is 0 Å². The first kappa shape index (κ1) is 13.9. The maximum atomic E-state index is 5.56. The van der Waals surface area contributed by atoms with Crippen molar-refractivity contribution < 1.29 is 4.74 Å². The molecule has 0 fully saturated rings. The van der Waals surface area contributed by atoms with Gasteiger partial charge in [0.25, 0.3) is 0 Å². The summed E-state index contributed by atoms with van der Waals surface area (Å²) >= 11 is 0. The Morgan fingerprint density at radius 2 is 2.24 bits per heavy atom. The van der Waals surface area contributed by atoms with Crippen LogP contribution < -0.4 is 5.73 Å². The van der Waals surface area contributed by atoms with Crippen LogP contribution in [-0.4, -0.2) is 42.7 Å². The Balaban J connectivity index is 2.44. The molecule has 1 aromatic rings. The molecule has 0 saturated carbocycles. The van der Waals surface area contributed by atoms with Crippen LogP contribution in [0.25, 0.3) is 0 Å². The Hall–Kier alpha value is -1.13. The Morgan fingerprint density at radius 1 is 1.47 bits per heavy atom. The number of anilines is 1. The van der Waals surface area contributed by atoms with Crippen LogP contribution in [0.4, 0.5) is 5.82 Å². The third-order valence-electron chi connectivity index (χ3n) is 2.97. The zero-order valence-electron chi connectivity index (χ0n) is 11.0. The first-order chi connectivity index (χ1) is 8.17. The topological polar surface area (TPSA) is 51.4 Å². The molecule has 0 saturated heterocycles. The van der Waals surface area contributed by atoms with Crippen molar-refractivity contribution in [3.63, 3.8) is 0 Å². The van der Waals surface area contributed by atoms with Gasteiger partial charge in [-0.15, -0.1) is 0 Å². The van der Waals surface area contributed by atoms with E-state index in [-0.39, 0.29) is 0 Å². The van der Waals surface area contributed by atoms with E-state index < -0.39 is 0 Å². The Labute approximate surface area is 104 Å². The van der Waals surface area contributed by atoms with Gasteiger partial charge in [-0.05, 0) is 31.5 Å². The van der Waals surface area contributed by atoms with E-state index in [1.165, 1.54) is 5.56 Å². The molecule has 0 amide bonds. The summed E-state index contributed by atoms with van der Waals surface area (Å²) in [6.07, 6.45) is 2.85. The van der Waals surface area contributed by atoms with Crippen LogP contribution in [0.15, 0.2) is 18.3 Å². The lowest BCUT2D eigenvalue weighted by molar-refractivity contribution is 0.103. The number of ether oxygens (including phenoxy) is 1. The highest BCUT2D eigenvalue weighted by Crippen LogP contribution is 2.05. The molecule has 4 nitrogen and oxygen atoms in total. The number of hydrogen-bond acceptors (Lipinski definition) is 4. The van der Waals surface area contributed by atoms with Gasteiger partial charge in [-0.2, -0.15) is 0 Å². The number of likely N-dealkylation sites (N-methyl/N-ethyl adjacent to an activating group) is 1. The van der Waals surface area contributed by atoms with Crippen molar-refractivity contribution in [2.45, 2.75) is 26.3 Å². The molecule has 0 aromatic carbocycles. The molecule has 0 spiro atoms. The molecule has 1 atom stereocenters. The van der Waals surface area contributed by atoms with Gasteiger partial charge in [0.15, 0.2) is 0 Å². The van der Waals surface area contributed by atoms with Crippen LogP contribution in [0.1, 0.15) is 19.4 Å². The van der Waals surface area contributed by atoms with Crippen molar-refractivity contribution in [3.05, 3.63) is 23.9 Å². The Kier molecular flexibility index (Phi) is 5.94. The van der Waals surface area contributed by atoms with Crippen molar-refractivity contribution in [1.29, 1.82) is 0 Å². The first-order valence-electron chi connectivity index (χ1n) is 6.10. The lowest BCUT2D eigenvalue weighted by atomic mass is 10.2. The van der Waals surface area contributed by atoms with E-state index in [1.807, 2.05) is 18.3 Å². The lowest BCUT2D eigenvalue weighted by Gasteiger charge is -2.27. The molecule has 1 aromatic heterocycles. The third kappa shape index (κ3) is 4.71. The highest BCUT2D eigenvalue weighted by atomic mass is 16.5. The molecule has 0 bridgehead atoms. The molecule has 0 aliphatic carbocycles. The number of nitrogens with two attached hydrogens (primary N) is 1. The zero-order chi connectivity index (χ0) is 12.7. The average molecular weight is 237 g/mol. The van der Waals surface area contributed by atoms with Gasteiger partial charge in [0.1, 0.15) is 5.82 Å². The quantitative estimate of drug-likeness (QED) is 0.782. The fourth-order valence-corrected chi connectivity index (χ4v) is 1.89. The molecular formula is C13H23N3O. The second-order valence-electron chi connectivity index (χ2n) is 4.27. The number of hydrogen-bond donors (Lipinski definition) is 1. The molecule has 1 rings (SSSR count). The minimum Gasteiger partial charge on any atom is -0.384 e. The summed E-state index contributed by atoms with van der Waals surface area (Å²) < 4.78 is 5.18. The molecule has 1 heterocycles. The maximum absolute atomic E-state index is 5.56. The van der Waals surface area contributed by atoms with Crippen molar-refractivity contribution in [2.75, 3.05) is 32.5 Å². The lowest BCUT2D eigenvalue weighted by Crippen LogP contribution is -2.37. The van der Waals surface area contributed by atoms with Gasteiger partial charge in [-0.1, -0.05) is 13.0 Å². The van der Waals surface area contributed by atoms with Gasteiger partial charge in [0, 0.05) is 25.9 Å². The largest absolute Gasteiger partial charge is 0.384 e. The zero-order valence-corrected chi connectivity index (χ0v) is 11.0. The minimum absolute atomic E-state index is 0.451. The molecule has 0 aliphatic rings. The summed E-state index contributed by atoms with van der Waals surface area (Å²) in [7, 11) is 1.74. The van der Waals surface area contributed by atoms with Gasteiger partial charge in [-0.3, -0.25) is 4.90 Å². The molecule has 2 N–H and O–H groups in total. The van der Waals surface area contributed by atoms with Crippen molar-refractivity contribution in [1.82, 2.24) is 9.88 Å². The van der Waals surface area contributed by atoms with Crippen molar-refractivity contribution >= 4 is 5.82 Å². The van der Waals surface area contributed by atoms with Crippen LogP contribution in [0, 0.1) is 0 Å². The predicted molar refractivity (Wildman–Crippen MR) is 70.9 cm³/mol. The summed E-state index contributed by atoms with van der Waals surface area (Å²) in [6.45, 7) is 7.19. The smallest absolute Gasteiger partial charge is 0.123 e. The number of rotatable bonds is 7. The van der Waals surface area contributed by atoms with Crippen LogP contribution in [0.5, 0.6) is 0 Å². The van der Waals surface area contributed by atoms with Crippen molar-refractivity contribution in [2.24, 2.45) is 0 Å². The van der Waals surface area contributed by atoms with Crippen molar-refractivity contribution in [3.8, 4) is 0 Å². The van der Waals surface area contributed by atoms with Gasteiger partial charge in [0.2, 0.25) is 0 Å². The SMILES string of the molecule is CCN(CCc1ccc(N)nc1)[C@@H](C)COC. The molecule has 0 unspecified atom stereocenters. The predicted octanol–water partition coefficient (Wildman–Crippen LogP) is 1.56. The van der Waals surface area contributed by atoms with Gasteiger partial charge < -0.3 is 10.5 Å². The normalized spacial score (nSPS) is 12.9. The van der Waals surface area contributed by atoms with Crippen LogP contribution in [0.3, 0.4) is 0 Å². The molecule has 96 valence electrons. The molecule has 4 heteroatoms. The second-order valence-corrected chi connectivity index (χ2v) is 4.27. The average Bonchev–Trinajstić information content (AvgIpc) is 2.32. The summed E-state index contributed by atoms with van der Waals surface area (Å²) in [5, 5.41) is 0. The Morgan fingerprint density at radius 3 is 2.76 bits per heavy atom. The van der Waals surface area contributed by atoms with E-state index in [0.29, 0.717) is 11.9 Å². The van der Waals surface area contributed by atoms with E-state index in [2.05, 4.69) is 23.7 Å². The number of aromatic nitrogens is 1. The number of nitrogens with zero attached hydrogens (tertiary/aromatic N) is 2. The minimum atomic E-state index is 0.451. The van der Waals surface area contributed by atoms with E-state index in [9.17, 15) is 0 Å². The van der Waals surface area contributed by atoms with E-state index >= 15 is 0 Å². The van der Waals surface area contributed by atoms with Gasteiger partial charge in [-0.25, -0.2) is 4.98 Å².